The summed E-state index contributed by atoms with van der Waals surface area (Å²) in [6.45, 7) is 0.663. The van der Waals surface area contributed by atoms with Gasteiger partial charge in [0.25, 0.3) is 0 Å². The summed E-state index contributed by atoms with van der Waals surface area (Å²) in [5.41, 5.74) is 1.21. The molecule has 0 fully saturated rings. The molecule has 1 aromatic carbocycles. The van der Waals surface area contributed by atoms with Gasteiger partial charge in [-0.25, -0.2) is 0 Å². The van der Waals surface area contributed by atoms with Crippen LogP contribution < -0.4 is 5.32 Å². The number of amides is 1. The molecular weight excluding hydrogens is 262 g/mol. The largest absolute Gasteiger partial charge is 0.355 e. The zero-order valence-corrected chi connectivity index (χ0v) is 10.1. The Morgan fingerprint density at radius 3 is 2.93 bits per heavy atom. The van der Waals surface area contributed by atoms with Gasteiger partial charge in [0.05, 0.1) is 5.75 Å². The molecule has 14 heavy (non-hydrogen) atoms. The molecule has 2 nitrogen and oxygen atoms in total. The summed E-state index contributed by atoms with van der Waals surface area (Å²) >= 11 is 7.27. The van der Waals surface area contributed by atoms with Crippen LogP contribution in [0.15, 0.2) is 28.7 Å². The van der Waals surface area contributed by atoms with Crippen LogP contribution in [-0.2, 0) is 11.2 Å². The van der Waals surface area contributed by atoms with Crippen LogP contribution in [0.5, 0.6) is 0 Å². The van der Waals surface area contributed by atoms with Crippen LogP contribution in [0.2, 0.25) is 0 Å². The zero-order valence-electron chi connectivity index (χ0n) is 7.66. The summed E-state index contributed by atoms with van der Waals surface area (Å²) in [7, 11) is 0. The number of carbonyl (C=O) groups is 1. The van der Waals surface area contributed by atoms with Crippen LogP contribution in [0, 0.1) is 0 Å². The summed E-state index contributed by atoms with van der Waals surface area (Å²) in [5, 5.41) is 2.77. The summed E-state index contributed by atoms with van der Waals surface area (Å²) in [5.74, 6) is 0.224. The Morgan fingerprint density at radius 1 is 1.50 bits per heavy atom. The molecule has 0 spiro atoms. The van der Waals surface area contributed by atoms with Crippen molar-refractivity contribution in [3.8, 4) is 0 Å². The second-order valence-electron chi connectivity index (χ2n) is 2.89. The van der Waals surface area contributed by atoms with E-state index in [1.165, 1.54) is 5.56 Å². The smallest absolute Gasteiger partial charge is 0.229 e. The molecule has 0 atom stereocenters. The molecule has 0 saturated heterocycles. The maximum absolute atomic E-state index is 10.9. The highest BCUT2D eigenvalue weighted by molar-refractivity contribution is 9.10. The van der Waals surface area contributed by atoms with Crippen molar-refractivity contribution < 1.29 is 4.79 Å². The minimum absolute atomic E-state index is 0.0247. The highest BCUT2D eigenvalue weighted by Crippen LogP contribution is 2.11. The number of rotatable bonds is 4. The monoisotopic (exact) mass is 273 g/mol. The average molecular weight is 274 g/mol. The predicted octanol–water partition coefficient (Wildman–Crippen LogP) is 2.04. The molecule has 0 saturated carbocycles. The van der Waals surface area contributed by atoms with Crippen molar-refractivity contribution in [3.63, 3.8) is 0 Å². The van der Waals surface area contributed by atoms with Crippen molar-refractivity contribution in [1.82, 2.24) is 5.32 Å². The number of hydrogen-bond donors (Lipinski definition) is 2. The number of benzene rings is 1. The fourth-order valence-corrected chi connectivity index (χ4v) is 1.65. The van der Waals surface area contributed by atoms with E-state index in [0.717, 1.165) is 10.9 Å². The topological polar surface area (TPSA) is 29.1 Å². The van der Waals surface area contributed by atoms with Gasteiger partial charge in [-0.1, -0.05) is 28.1 Å². The Balaban J connectivity index is 2.35. The predicted molar refractivity (Wildman–Crippen MR) is 64.7 cm³/mol. The van der Waals surface area contributed by atoms with Gasteiger partial charge in [-0.3, -0.25) is 4.79 Å². The van der Waals surface area contributed by atoms with Gasteiger partial charge in [0.1, 0.15) is 0 Å². The van der Waals surface area contributed by atoms with E-state index in [4.69, 9.17) is 0 Å². The van der Waals surface area contributed by atoms with Gasteiger partial charge < -0.3 is 5.32 Å². The molecule has 0 aliphatic rings. The van der Waals surface area contributed by atoms with E-state index in [9.17, 15) is 4.79 Å². The third-order valence-corrected chi connectivity index (χ3v) is 2.55. The van der Waals surface area contributed by atoms with E-state index in [-0.39, 0.29) is 11.7 Å². The zero-order chi connectivity index (χ0) is 10.4. The molecular formula is C10H12BrNOS. The average Bonchev–Trinajstić information content (AvgIpc) is 2.17. The van der Waals surface area contributed by atoms with E-state index < -0.39 is 0 Å². The molecule has 1 aromatic rings. The summed E-state index contributed by atoms with van der Waals surface area (Å²) in [4.78, 5) is 10.9. The Labute approximate surface area is 97.6 Å². The molecule has 0 aliphatic heterocycles. The van der Waals surface area contributed by atoms with Crippen LogP contribution in [0.3, 0.4) is 0 Å². The van der Waals surface area contributed by atoms with Crippen molar-refractivity contribution in [2.75, 3.05) is 12.3 Å². The van der Waals surface area contributed by atoms with Gasteiger partial charge in [0.2, 0.25) is 5.91 Å². The lowest BCUT2D eigenvalue weighted by Crippen LogP contribution is -2.26. The van der Waals surface area contributed by atoms with Crippen LogP contribution in [-0.4, -0.2) is 18.2 Å². The normalized spacial score (nSPS) is 9.86. The van der Waals surface area contributed by atoms with Gasteiger partial charge >= 0.3 is 0 Å². The number of thiol groups is 1. The molecule has 0 heterocycles. The van der Waals surface area contributed by atoms with Gasteiger partial charge in [-0.05, 0) is 24.1 Å². The highest BCUT2D eigenvalue weighted by Gasteiger charge is 1.97. The third-order valence-electron chi connectivity index (χ3n) is 1.77. The molecule has 0 aromatic heterocycles. The quantitative estimate of drug-likeness (QED) is 0.808. The third kappa shape index (κ3) is 4.15. The molecule has 4 heteroatoms. The van der Waals surface area contributed by atoms with Crippen molar-refractivity contribution in [2.24, 2.45) is 0 Å². The first-order valence-corrected chi connectivity index (χ1v) is 5.77. The Morgan fingerprint density at radius 2 is 2.29 bits per heavy atom. The standard InChI is InChI=1S/C10H12BrNOS/c11-9-3-1-2-8(6-9)4-5-12-10(13)7-14/h1-3,6,14H,4-5,7H2,(H,12,13). The van der Waals surface area contributed by atoms with E-state index in [0.29, 0.717) is 6.54 Å². The number of halogens is 1. The fraction of sp³-hybridized carbons (Fsp3) is 0.300. The molecule has 0 radical (unpaired) electrons. The van der Waals surface area contributed by atoms with Gasteiger partial charge in [0, 0.05) is 11.0 Å². The van der Waals surface area contributed by atoms with Gasteiger partial charge in [-0.2, -0.15) is 12.6 Å². The minimum atomic E-state index is -0.0247. The second-order valence-corrected chi connectivity index (χ2v) is 4.12. The van der Waals surface area contributed by atoms with Gasteiger partial charge in [-0.15, -0.1) is 0 Å². The fourth-order valence-electron chi connectivity index (χ4n) is 1.09. The summed E-state index contributed by atoms with van der Waals surface area (Å²) < 4.78 is 1.07. The molecule has 76 valence electrons. The molecule has 1 amide bonds. The van der Waals surface area contributed by atoms with Crippen molar-refractivity contribution in [2.45, 2.75) is 6.42 Å². The molecule has 1 rings (SSSR count). The van der Waals surface area contributed by atoms with Crippen molar-refractivity contribution >= 4 is 34.5 Å². The minimum Gasteiger partial charge on any atom is -0.355 e. The SMILES string of the molecule is O=C(CS)NCCc1cccc(Br)c1. The Hall–Kier alpha value is -0.480. The maximum atomic E-state index is 10.9. The van der Waals surface area contributed by atoms with E-state index in [1.807, 2.05) is 24.3 Å². The first-order chi connectivity index (χ1) is 6.72. The first kappa shape index (κ1) is 11.6. The lowest BCUT2D eigenvalue weighted by atomic mass is 10.1. The molecule has 0 unspecified atom stereocenters. The van der Waals surface area contributed by atoms with Crippen LogP contribution in [0.1, 0.15) is 5.56 Å². The number of hydrogen-bond acceptors (Lipinski definition) is 2. The van der Waals surface area contributed by atoms with Gasteiger partial charge in [0.15, 0.2) is 0 Å². The maximum Gasteiger partial charge on any atom is 0.229 e. The second kappa shape index (κ2) is 6.09. The first-order valence-electron chi connectivity index (χ1n) is 4.34. The van der Waals surface area contributed by atoms with Crippen LogP contribution in [0.25, 0.3) is 0 Å². The summed E-state index contributed by atoms with van der Waals surface area (Å²) in [6.07, 6.45) is 0.846. The molecule has 0 aliphatic carbocycles. The Kier molecular flexibility index (Phi) is 5.04. The Bertz CT molecular complexity index is 317. The van der Waals surface area contributed by atoms with Crippen LogP contribution >= 0.6 is 28.6 Å². The van der Waals surface area contributed by atoms with E-state index in [2.05, 4.69) is 33.9 Å². The lowest BCUT2D eigenvalue weighted by molar-refractivity contribution is -0.118. The van der Waals surface area contributed by atoms with Crippen LogP contribution in [0.4, 0.5) is 0 Å². The van der Waals surface area contributed by atoms with E-state index >= 15 is 0 Å². The number of nitrogens with one attached hydrogen (secondary N) is 1. The van der Waals surface area contributed by atoms with E-state index in [1.54, 1.807) is 0 Å². The van der Waals surface area contributed by atoms with Crippen molar-refractivity contribution in [3.05, 3.63) is 34.3 Å². The molecule has 0 bridgehead atoms. The lowest BCUT2D eigenvalue weighted by Gasteiger charge is -2.03. The van der Waals surface area contributed by atoms with Crippen molar-refractivity contribution in [1.29, 1.82) is 0 Å². The summed E-state index contributed by atoms with van der Waals surface area (Å²) in [6, 6.07) is 8.06. The highest BCUT2D eigenvalue weighted by atomic mass is 79.9. The number of carbonyl (C=O) groups excluding carboxylic acids is 1. The molecule has 1 N–H and O–H groups in total.